The average Bonchev–Trinajstić information content (AvgIpc) is 3.90. The Morgan fingerprint density at radius 2 is 1.78 bits per heavy atom. The number of likely N-dealkylation sites (N-methyl/N-ethyl adjacent to an activating group) is 1. The summed E-state index contributed by atoms with van der Waals surface area (Å²) in [4.78, 5) is 64.4. The third-order valence-electron chi connectivity index (χ3n) is 12.1. The zero-order valence-electron chi connectivity index (χ0n) is 35.6. The number of amides is 1. The monoisotopic (exact) mass is 847 g/mol. The molecule has 5 heterocycles. The first-order valence-corrected chi connectivity index (χ1v) is 20.7. The number of alkyl halides is 1. The molecule has 19 heteroatoms. The molecule has 0 radical (unpaired) electrons. The Hall–Kier alpha value is -4.06. The highest BCUT2D eigenvalue weighted by molar-refractivity contribution is 7.18. The summed E-state index contributed by atoms with van der Waals surface area (Å²) < 4.78 is 48.7. The number of nitrogens with zero attached hydrogens (tertiary/aromatic N) is 6. The Labute approximate surface area is 348 Å². The van der Waals surface area contributed by atoms with Crippen LogP contribution in [0, 0.1) is 29.6 Å². The van der Waals surface area contributed by atoms with Gasteiger partial charge in [0.2, 0.25) is 0 Å². The summed E-state index contributed by atoms with van der Waals surface area (Å²) in [6.45, 7) is 12.2. The number of cyclic esters (lactones) is 1. The molecule has 3 fully saturated rings. The van der Waals surface area contributed by atoms with Crippen molar-refractivity contribution in [1.82, 2.24) is 29.8 Å². The molecule has 1 amide bonds. The summed E-state index contributed by atoms with van der Waals surface area (Å²) in [5, 5.41) is 20.0. The number of ketones is 2. The van der Waals surface area contributed by atoms with Crippen molar-refractivity contribution in [1.29, 1.82) is 0 Å². The second-order valence-corrected chi connectivity index (χ2v) is 17.8. The van der Waals surface area contributed by atoms with Gasteiger partial charge in [-0.3, -0.25) is 14.5 Å². The fraction of sp³-hybridized carbons (Fsp3) is 0.725. The minimum Gasteiger partial charge on any atom is -0.455 e. The Morgan fingerprint density at radius 1 is 1.10 bits per heavy atom. The summed E-state index contributed by atoms with van der Waals surface area (Å²) in [5.74, 6) is -0.128. The molecule has 17 nitrogen and oxygen atoms in total. The van der Waals surface area contributed by atoms with Gasteiger partial charge in [-0.1, -0.05) is 56.1 Å². The number of carbonyl (C=O) groups is 4. The Kier molecular flexibility index (Phi) is 13.9. The van der Waals surface area contributed by atoms with E-state index in [4.69, 9.17) is 29.4 Å². The predicted molar refractivity (Wildman–Crippen MR) is 213 cm³/mol. The summed E-state index contributed by atoms with van der Waals surface area (Å²) >= 11 is 1.26. The summed E-state index contributed by atoms with van der Waals surface area (Å²) in [5.41, 5.74) is -0.0533. The van der Waals surface area contributed by atoms with Crippen molar-refractivity contribution in [3.05, 3.63) is 12.4 Å². The van der Waals surface area contributed by atoms with Crippen molar-refractivity contribution in [3.63, 3.8) is 0 Å². The molecule has 3 N–H and O–H groups in total. The van der Waals surface area contributed by atoms with Crippen molar-refractivity contribution in [2.24, 2.45) is 17.8 Å². The van der Waals surface area contributed by atoms with Crippen molar-refractivity contribution in [2.75, 3.05) is 33.5 Å². The van der Waals surface area contributed by atoms with E-state index in [9.17, 15) is 24.3 Å². The standard InChI is InChI=1S/C40H58FN7O10S/c1-12-28-40(8)31(48(37(53)58-40)16-14-13-15-47-20-25(44-45-47)27-19-43-36(42)59-27)23(4)29(49)21(2)18-38(6,54-11)33(24(5)32(51)39(7,41)35(52)56-28)57-34-30(50)26(46(9)10)17-22(3)55-34/h19-24,26,28,30-31,33-34,50H,12,15-18H2,1-11H3,(H2,42,43)/t21-,22-,23+,24+,26?,28-,30?,31-,33-,34+,38-,39+,40-/m1/s1. The molecule has 59 heavy (non-hydrogen) atoms. The number of hydrogen-bond acceptors (Lipinski definition) is 16. The maximum atomic E-state index is 16.9. The minimum absolute atomic E-state index is 0.0392. The highest BCUT2D eigenvalue weighted by atomic mass is 32.1. The Morgan fingerprint density at radius 3 is 2.39 bits per heavy atom. The lowest BCUT2D eigenvalue weighted by molar-refractivity contribution is -0.295. The molecule has 3 aliphatic rings. The molecule has 3 aliphatic heterocycles. The third kappa shape index (κ3) is 9.17. The van der Waals surface area contributed by atoms with Crippen LogP contribution in [0.1, 0.15) is 74.7 Å². The fourth-order valence-electron chi connectivity index (χ4n) is 8.82. The highest BCUT2D eigenvalue weighted by Gasteiger charge is 2.61. The molecule has 0 bridgehead atoms. The quantitative estimate of drug-likeness (QED) is 0.222. The number of anilines is 1. The molecule has 5 rings (SSSR count). The fourth-order valence-corrected chi connectivity index (χ4v) is 9.45. The van der Waals surface area contributed by atoms with Gasteiger partial charge < -0.3 is 39.4 Å². The number of aliphatic hydroxyl groups excluding tert-OH is 1. The molecule has 0 aromatic carbocycles. The van der Waals surface area contributed by atoms with Crippen LogP contribution < -0.4 is 5.73 Å². The lowest BCUT2D eigenvalue weighted by Gasteiger charge is -2.47. The molecule has 2 unspecified atom stereocenters. The number of carbonyl (C=O) groups excluding carboxylic acids is 4. The number of rotatable bonds is 8. The first-order chi connectivity index (χ1) is 27.6. The van der Waals surface area contributed by atoms with Gasteiger partial charge in [-0.2, -0.15) is 0 Å². The smallest absolute Gasteiger partial charge is 0.411 e. The Bertz CT molecular complexity index is 1930. The van der Waals surface area contributed by atoms with Crippen LogP contribution in [0.15, 0.2) is 12.4 Å². The van der Waals surface area contributed by atoms with E-state index < -0.39 is 83.1 Å². The van der Waals surface area contributed by atoms with Crippen LogP contribution in [-0.2, 0) is 44.6 Å². The van der Waals surface area contributed by atoms with E-state index in [1.807, 2.05) is 25.9 Å². The van der Waals surface area contributed by atoms with E-state index in [2.05, 4.69) is 27.1 Å². The van der Waals surface area contributed by atoms with E-state index in [0.29, 0.717) is 17.2 Å². The van der Waals surface area contributed by atoms with E-state index in [0.717, 1.165) is 11.8 Å². The van der Waals surface area contributed by atoms with E-state index in [1.165, 1.54) is 41.9 Å². The first kappa shape index (κ1) is 46.0. The summed E-state index contributed by atoms with van der Waals surface area (Å²) in [7, 11) is 5.00. The maximum absolute atomic E-state index is 16.9. The predicted octanol–water partition coefficient (Wildman–Crippen LogP) is 3.28. The minimum atomic E-state index is -3.21. The SMILES string of the molecule is CC[C@H]1OC(=O)[C@@](C)(F)C(=O)[C@H](C)[C@@H](O[C@@H]2O[C@H](C)CC(N(C)C)C2O)[C@](C)(OC)C[C@@H](C)C(=O)[C@H](C)[C@H]2N(CC#CCn3cc(-c4cnc(N)s4)nn3)C(=O)O[C@]12C. The molecule has 3 saturated heterocycles. The van der Waals surface area contributed by atoms with Crippen molar-refractivity contribution < 1.29 is 52.4 Å². The number of methoxy groups -OCH3 is 1. The average molecular weight is 848 g/mol. The molecule has 0 saturated carbocycles. The number of fused-ring (bicyclic) bond motifs is 1. The number of esters is 1. The molecular weight excluding hydrogens is 790 g/mol. The number of hydrogen-bond donors (Lipinski definition) is 2. The van der Waals surface area contributed by atoms with Crippen LogP contribution in [0.4, 0.5) is 14.3 Å². The van der Waals surface area contributed by atoms with Crippen LogP contribution in [0.3, 0.4) is 0 Å². The third-order valence-corrected chi connectivity index (χ3v) is 13.0. The zero-order chi connectivity index (χ0) is 43.8. The van der Waals surface area contributed by atoms with Gasteiger partial charge in [0.05, 0.1) is 41.5 Å². The lowest BCUT2D eigenvalue weighted by Crippen LogP contribution is -2.61. The number of aliphatic hydroxyl groups is 1. The van der Waals surface area contributed by atoms with Crippen LogP contribution in [0.5, 0.6) is 0 Å². The maximum Gasteiger partial charge on any atom is 0.411 e. The lowest BCUT2D eigenvalue weighted by atomic mass is 9.73. The van der Waals surface area contributed by atoms with Gasteiger partial charge in [-0.15, -0.1) is 5.10 Å². The summed E-state index contributed by atoms with van der Waals surface area (Å²) in [6, 6.07) is -1.43. The van der Waals surface area contributed by atoms with Gasteiger partial charge in [-0.05, 0) is 61.1 Å². The van der Waals surface area contributed by atoms with Crippen LogP contribution in [0.25, 0.3) is 10.6 Å². The number of ether oxygens (including phenoxy) is 5. The van der Waals surface area contributed by atoms with Gasteiger partial charge >= 0.3 is 12.1 Å². The van der Waals surface area contributed by atoms with Crippen LogP contribution in [-0.4, -0.2) is 146 Å². The van der Waals surface area contributed by atoms with Gasteiger partial charge in [0, 0.05) is 37.1 Å². The molecule has 2 aromatic rings. The van der Waals surface area contributed by atoms with E-state index in [1.54, 1.807) is 40.1 Å². The molecule has 0 aliphatic carbocycles. The largest absolute Gasteiger partial charge is 0.455 e. The summed E-state index contributed by atoms with van der Waals surface area (Å²) in [6.07, 6.45) is -2.46. The van der Waals surface area contributed by atoms with Gasteiger partial charge in [0.25, 0.3) is 5.67 Å². The highest BCUT2D eigenvalue weighted by Crippen LogP contribution is 2.43. The number of nitrogen functional groups attached to an aromatic ring is 1. The number of halogens is 1. The molecule has 326 valence electrons. The van der Waals surface area contributed by atoms with Crippen molar-refractivity contribution in [2.45, 2.75) is 141 Å². The zero-order valence-corrected chi connectivity index (χ0v) is 36.4. The van der Waals surface area contributed by atoms with Gasteiger partial charge in [0.1, 0.15) is 30.2 Å². The van der Waals surface area contributed by atoms with Crippen molar-refractivity contribution >= 4 is 40.1 Å². The van der Waals surface area contributed by atoms with Gasteiger partial charge in [0.15, 0.2) is 22.8 Å². The number of thiazole rings is 1. The number of Topliss-reactive ketones (excluding diaryl/α,β-unsaturated/α-hetero) is 2. The second-order valence-electron chi connectivity index (χ2n) is 16.7. The number of aromatic nitrogens is 4. The van der Waals surface area contributed by atoms with E-state index >= 15 is 4.39 Å². The molecule has 0 spiro atoms. The molecule has 13 atom stereocenters. The first-order valence-electron chi connectivity index (χ1n) is 19.8. The molecular formula is C40H58FN7O10S. The van der Waals surface area contributed by atoms with Crippen LogP contribution >= 0.6 is 11.3 Å². The normalized spacial score (nSPS) is 37.4. The number of nitrogens with two attached hydrogens (primary N) is 1. The van der Waals surface area contributed by atoms with Gasteiger partial charge in [-0.25, -0.2) is 23.6 Å². The second kappa shape index (κ2) is 17.9. The van der Waals surface area contributed by atoms with Crippen LogP contribution in [0.2, 0.25) is 0 Å². The van der Waals surface area contributed by atoms with E-state index in [-0.39, 0.29) is 43.9 Å². The topological polar surface area (TPSA) is 211 Å². The Balaban J connectivity index is 1.50. The van der Waals surface area contributed by atoms with Crippen molar-refractivity contribution in [3.8, 4) is 22.4 Å². The molecule has 2 aromatic heterocycles.